The number of nitrogens with zero attached hydrogens (tertiary/aromatic N) is 2. The number of benzene rings is 1. The molecule has 1 fully saturated rings. The summed E-state index contributed by atoms with van der Waals surface area (Å²) < 4.78 is 8.16. The van der Waals surface area contributed by atoms with Crippen LogP contribution in [0.1, 0.15) is 97.6 Å². The van der Waals surface area contributed by atoms with Crippen LogP contribution < -0.4 is 0 Å². The van der Waals surface area contributed by atoms with Crippen molar-refractivity contribution in [2.75, 3.05) is 0 Å². The third kappa shape index (κ3) is 6.37. The molecule has 1 N–H and O–H groups in total. The number of cyclic esters (lactones) is 1. The summed E-state index contributed by atoms with van der Waals surface area (Å²) in [5.74, 6) is 1.07. The number of hydrogen-bond donors (Lipinski definition) is 1. The third-order valence-corrected chi connectivity index (χ3v) is 8.78. The van der Waals surface area contributed by atoms with Crippen LogP contribution in [-0.4, -0.2) is 32.5 Å². The molecule has 200 valence electrons. The number of hydrogen-bond acceptors (Lipinski definition) is 5. The van der Waals surface area contributed by atoms with Crippen LogP contribution in [0.4, 0.5) is 0 Å². The number of aryl methyl sites for hydroxylation is 2. The number of imidazole rings is 1. The predicted octanol–water partition coefficient (Wildman–Crippen LogP) is 6.32. The van der Waals surface area contributed by atoms with Gasteiger partial charge in [0.1, 0.15) is 17.7 Å². The van der Waals surface area contributed by atoms with E-state index < -0.39 is 17.4 Å². The molecule has 6 atom stereocenters. The molecule has 1 aliphatic heterocycles. The SMILES string of the molecule is Cc1nc2cc([C@@H]3C[C@H](C)[C@H](C)CCC[C@H](C)[C@H](O)[C@@H](C)C(=O)C(C)(C)CCC(=O)O3)ccc2n1C. The zero-order valence-electron chi connectivity index (χ0n) is 23.5. The van der Waals surface area contributed by atoms with Crippen molar-refractivity contribution >= 4 is 22.8 Å². The molecule has 1 saturated heterocycles. The molecule has 0 radical (unpaired) electrons. The molecule has 1 aromatic heterocycles. The van der Waals surface area contributed by atoms with Crippen molar-refractivity contribution in [3.05, 3.63) is 29.6 Å². The summed E-state index contributed by atoms with van der Waals surface area (Å²) >= 11 is 0. The lowest BCUT2D eigenvalue weighted by molar-refractivity contribution is -0.151. The van der Waals surface area contributed by atoms with Crippen LogP contribution in [0.3, 0.4) is 0 Å². The minimum Gasteiger partial charge on any atom is -0.457 e. The first-order chi connectivity index (χ1) is 16.8. The fourth-order valence-electron chi connectivity index (χ4n) is 5.60. The van der Waals surface area contributed by atoms with Crippen molar-refractivity contribution in [1.29, 1.82) is 0 Å². The van der Waals surface area contributed by atoms with Gasteiger partial charge < -0.3 is 14.4 Å². The Bertz CT molecular complexity index is 1070. The molecule has 0 spiro atoms. The fourth-order valence-corrected chi connectivity index (χ4v) is 5.60. The second-order valence-corrected chi connectivity index (χ2v) is 12.1. The zero-order valence-corrected chi connectivity index (χ0v) is 23.5. The summed E-state index contributed by atoms with van der Waals surface area (Å²) in [5.41, 5.74) is 2.22. The van der Waals surface area contributed by atoms with Gasteiger partial charge in [0.2, 0.25) is 0 Å². The lowest BCUT2D eigenvalue weighted by Crippen LogP contribution is -2.39. The number of esters is 1. The van der Waals surface area contributed by atoms with Crippen LogP contribution in [0.5, 0.6) is 0 Å². The smallest absolute Gasteiger partial charge is 0.306 e. The number of aliphatic hydroxyl groups is 1. The molecule has 0 unspecified atom stereocenters. The van der Waals surface area contributed by atoms with Gasteiger partial charge in [-0.05, 0) is 61.6 Å². The lowest BCUT2D eigenvalue weighted by Gasteiger charge is -2.32. The summed E-state index contributed by atoms with van der Waals surface area (Å²) in [6.07, 6.45) is 3.21. The Morgan fingerprint density at radius 2 is 1.72 bits per heavy atom. The molecular formula is C30H46N2O4. The highest BCUT2D eigenvalue weighted by Crippen LogP contribution is 2.36. The lowest BCUT2D eigenvalue weighted by atomic mass is 9.74. The average molecular weight is 499 g/mol. The van der Waals surface area contributed by atoms with E-state index in [9.17, 15) is 14.7 Å². The Labute approximate surface area is 216 Å². The van der Waals surface area contributed by atoms with Crippen LogP contribution in [0.2, 0.25) is 0 Å². The monoisotopic (exact) mass is 498 g/mol. The van der Waals surface area contributed by atoms with E-state index in [1.54, 1.807) is 0 Å². The van der Waals surface area contributed by atoms with Crippen molar-refractivity contribution in [2.45, 2.75) is 99.2 Å². The molecule has 3 rings (SSSR count). The van der Waals surface area contributed by atoms with E-state index in [4.69, 9.17) is 4.74 Å². The van der Waals surface area contributed by atoms with Crippen LogP contribution in [0.15, 0.2) is 18.2 Å². The maximum atomic E-state index is 13.2. The second-order valence-electron chi connectivity index (χ2n) is 12.1. The first kappa shape index (κ1) is 28.4. The molecule has 2 heterocycles. The van der Waals surface area contributed by atoms with E-state index in [2.05, 4.69) is 35.5 Å². The van der Waals surface area contributed by atoms with E-state index in [1.165, 1.54) is 0 Å². The number of rotatable bonds is 1. The third-order valence-electron chi connectivity index (χ3n) is 8.78. The van der Waals surface area contributed by atoms with Gasteiger partial charge in [0.25, 0.3) is 0 Å². The Morgan fingerprint density at radius 3 is 2.42 bits per heavy atom. The molecule has 0 aliphatic carbocycles. The van der Waals surface area contributed by atoms with E-state index in [-0.39, 0.29) is 30.2 Å². The quantitative estimate of drug-likeness (QED) is 0.465. The number of carbonyl (C=O) groups is 2. The topological polar surface area (TPSA) is 81.4 Å². The van der Waals surface area contributed by atoms with Crippen LogP contribution >= 0.6 is 0 Å². The highest BCUT2D eigenvalue weighted by molar-refractivity contribution is 5.87. The zero-order chi connectivity index (χ0) is 26.8. The predicted molar refractivity (Wildman–Crippen MR) is 143 cm³/mol. The molecule has 0 saturated carbocycles. The number of carbonyl (C=O) groups excluding carboxylic acids is 2. The average Bonchev–Trinajstić information content (AvgIpc) is 3.12. The van der Waals surface area contributed by atoms with Gasteiger partial charge in [-0.25, -0.2) is 4.98 Å². The van der Waals surface area contributed by atoms with E-state index in [0.29, 0.717) is 18.3 Å². The highest BCUT2D eigenvalue weighted by Gasteiger charge is 2.37. The molecule has 0 amide bonds. The van der Waals surface area contributed by atoms with Gasteiger partial charge >= 0.3 is 5.97 Å². The van der Waals surface area contributed by atoms with Crippen molar-refractivity contribution in [2.24, 2.45) is 36.1 Å². The number of Topliss-reactive ketones (excluding diaryl/α,β-unsaturated/α-hetero) is 1. The minimum absolute atomic E-state index is 0.0104. The molecule has 0 bridgehead atoms. The van der Waals surface area contributed by atoms with Gasteiger partial charge in [0, 0.05) is 24.8 Å². The number of aromatic nitrogens is 2. The Balaban J connectivity index is 1.89. The first-order valence-corrected chi connectivity index (χ1v) is 13.7. The van der Waals surface area contributed by atoms with E-state index in [0.717, 1.165) is 48.1 Å². The molecule has 1 aliphatic rings. The molecule has 2 aromatic rings. The maximum Gasteiger partial charge on any atom is 0.306 e. The number of ketones is 1. The van der Waals surface area contributed by atoms with E-state index in [1.807, 2.05) is 47.7 Å². The van der Waals surface area contributed by atoms with Crippen LogP contribution in [0.25, 0.3) is 11.0 Å². The molecule has 36 heavy (non-hydrogen) atoms. The van der Waals surface area contributed by atoms with Gasteiger partial charge in [-0.2, -0.15) is 0 Å². The summed E-state index contributed by atoms with van der Waals surface area (Å²) in [5, 5.41) is 10.9. The highest BCUT2D eigenvalue weighted by atomic mass is 16.5. The molecule has 6 heteroatoms. The molecular weight excluding hydrogens is 452 g/mol. The summed E-state index contributed by atoms with van der Waals surface area (Å²) in [4.78, 5) is 31.0. The van der Waals surface area contributed by atoms with E-state index >= 15 is 0 Å². The fraction of sp³-hybridized carbons (Fsp3) is 0.700. The second kappa shape index (κ2) is 11.5. The van der Waals surface area contributed by atoms with Gasteiger partial charge in [-0.3, -0.25) is 9.59 Å². The van der Waals surface area contributed by atoms with Gasteiger partial charge in [-0.15, -0.1) is 0 Å². The number of aliphatic hydroxyl groups excluding tert-OH is 1. The Hall–Kier alpha value is -2.21. The largest absolute Gasteiger partial charge is 0.457 e. The van der Waals surface area contributed by atoms with Crippen molar-refractivity contribution < 1.29 is 19.4 Å². The Kier molecular flexibility index (Phi) is 9.02. The van der Waals surface area contributed by atoms with Gasteiger partial charge in [0.15, 0.2) is 0 Å². The van der Waals surface area contributed by atoms with Crippen molar-refractivity contribution in [3.63, 3.8) is 0 Å². The van der Waals surface area contributed by atoms with Crippen LogP contribution in [-0.2, 0) is 21.4 Å². The number of fused-ring (bicyclic) bond motifs is 1. The van der Waals surface area contributed by atoms with Crippen molar-refractivity contribution in [3.8, 4) is 0 Å². The molecule has 6 nitrogen and oxygen atoms in total. The standard InChI is InChI=1S/C30H46N2O4/c1-18-10-9-11-19(2)28(34)21(4)29(35)30(6,7)15-14-27(33)36-26(16-20(18)3)23-12-13-25-24(17-23)31-22(5)32(25)8/h12-13,17-21,26,28,34H,9-11,14-16H2,1-8H3/t18-,19+,20+,21-,26+,28+/m1/s1. The summed E-state index contributed by atoms with van der Waals surface area (Å²) in [6.45, 7) is 14.1. The molecule has 1 aromatic carbocycles. The normalized spacial score (nSPS) is 31.4. The van der Waals surface area contributed by atoms with Gasteiger partial charge in [-0.1, -0.05) is 60.5 Å². The van der Waals surface area contributed by atoms with Crippen molar-refractivity contribution in [1.82, 2.24) is 9.55 Å². The maximum absolute atomic E-state index is 13.2. The minimum atomic E-state index is -0.710. The number of ether oxygens (including phenoxy) is 1. The van der Waals surface area contributed by atoms with Gasteiger partial charge in [0.05, 0.1) is 17.1 Å². The van der Waals surface area contributed by atoms with Crippen LogP contribution in [0, 0.1) is 36.0 Å². The summed E-state index contributed by atoms with van der Waals surface area (Å²) in [6, 6.07) is 6.16. The first-order valence-electron chi connectivity index (χ1n) is 13.7. The Morgan fingerprint density at radius 1 is 1.06 bits per heavy atom. The summed E-state index contributed by atoms with van der Waals surface area (Å²) in [7, 11) is 2.00.